The Morgan fingerprint density at radius 2 is 2.05 bits per heavy atom. The maximum atomic E-state index is 13.5. The van der Waals surface area contributed by atoms with Crippen LogP contribution >= 0.6 is 0 Å². The first-order valence-corrected chi connectivity index (χ1v) is 12.1. The lowest BCUT2D eigenvalue weighted by Crippen LogP contribution is -2.50. The van der Waals surface area contributed by atoms with Crippen molar-refractivity contribution in [2.24, 2.45) is 5.92 Å². The van der Waals surface area contributed by atoms with Gasteiger partial charge >= 0.3 is 6.03 Å². The number of halogens is 1. The molecule has 202 valence electrons. The number of nitrogens with one attached hydrogen (secondary N) is 1. The van der Waals surface area contributed by atoms with Crippen LogP contribution in [0.4, 0.5) is 14.9 Å². The summed E-state index contributed by atoms with van der Waals surface area (Å²) in [5.41, 5.74) is 1.30. The number of benzene rings is 1. The van der Waals surface area contributed by atoms with Crippen LogP contribution in [0.3, 0.4) is 0 Å². The lowest BCUT2D eigenvalue weighted by Gasteiger charge is -2.37. The second-order valence-electron chi connectivity index (χ2n) is 9.56. The van der Waals surface area contributed by atoms with Gasteiger partial charge in [-0.3, -0.25) is 9.69 Å². The van der Waals surface area contributed by atoms with Gasteiger partial charge in [0.2, 0.25) is 5.88 Å². The van der Waals surface area contributed by atoms with Crippen molar-refractivity contribution in [2.75, 3.05) is 52.7 Å². The fourth-order valence-corrected chi connectivity index (χ4v) is 3.79. The third-order valence-electron chi connectivity index (χ3n) is 6.05. The maximum Gasteiger partial charge on any atom is 0.321 e. The molecule has 0 aliphatic carbocycles. The summed E-state index contributed by atoms with van der Waals surface area (Å²) < 4.78 is 19.4. The molecule has 1 aliphatic rings. The molecule has 2 N–H and O–H groups in total. The van der Waals surface area contributed by atoms with E-state index in [0.717, 1.165) is 0 Å². The number of likely N-dealkylation sites (N-methyl/N-ethyl adjacent to an activating group) is 1. The third-order valence-corrected chi connectivity index (χ3v) is 6.05. The topological polar surface area (TPSA) is 98.2 Å². The third kappa shape index (κ3) is 7.41. The summed E-state index contributed by atoms with van der Waals surface area (Å²) in [4.78, 5) is 35.7. The molecule has 0 saturated heterocycles. The minimum Gasteiger partial charge on any atom is -0.472 e. The predicted octanol–water partition coefficient (Wildman–Crippen LogP) is 3.01. The predicted molar refractivity (Wildman–Crippen MR) is 143 cm³/mol. The highest BCUT2D eigenvalue weighted by Crippen LogP contribution is 2.27. The number of hydrogen-bond donors (Lipinski definition) is 2. The highest BCUT2D eigenvalue weighted by Gasteiger charge is 2.34. The molecule has 1 aromatic heterocycles. The molecule has 0 fully saturated rings. The molecular formula is C27H38FN5O4. The number of amides is 3. The Kier molecular flexibility index (Phi) is 9.44. The van der Waals surface area contributed by atoms with Gasteiger partial charge in [0.15, 0.2) is 0 Å². The van der Waals surface area contributed by atoms with Crippen LogP contribution in [0.15, 0.2) is 36.5 Å². The van der Waals surface area contributed by atoms with Crippen LogP contribution in [-0.2, 0) is 0 Å². The lowest BCUT2D eigenvalue weighted by atomic mass is 10.00. The molecule has 3 rings (SSSR count). The van der Waals surface area contributed by atoms with Crippen molar-refractivity contribution in [1.29, 1.82) is 0 Å². The summed E-state index contributed by atoms with van der Waals surface area (Å²) in [6.45, 7) is 4.57. The minimum absolute atomic E-state index is 0. The molecule has 9 nitrogen and oxygen atoms in total. The molecule has 0 saturated carbocycles. The van der Waals surface area contributed by atoms with E-state index in [2.05, 4.69) is 22.1 Å². The number of hydrogen-bond acceptors (Lipinski definition) is 6. The largest absolute Gasteiger partial charge is 0.472 e. The van der Waals surface area contributed by atoms with Crippen molar-refractivity contribution < 1.29 is 26.7 Å². The summed E-state index contributed by atoms with van der Waals surface area (Å²) >= 11 is 0. The Balaban J connectivity index is 0.00000380. The molecule has 1 aliphatic heterocycles. The number of nitrogens with zero attached hydrogens (tertiary/aromatic N) is 4. The average Bonchev–Trinajstić information content (AvgIpc) is 2.87. The van der Waals surface area contributed by atoms with Gasteiger partial charge in [-0.2, -0.15) is 0 Å². The maximum absolute atomic E-state index is 13.5. The molecule has 37 heavy (non-hydrogen) atoms. The standard InChI is InChI=1S/C27H34FN5O4.2H2/c1-18-15-33(19(2)17-34)26(35)23-13-20(7-6-12-31(3)4)14-29-25(23)37-24(18)16-32(5)27(36)30-22-10-8-21(28)9-11-22;;/h8-11,13-14,18-19,24,34H,12,15-17H2,1-5H3,(H,30,36);2*1H/t18-,19+,24-;;/m0../s1. The molecule has 1 aromatic carbocycles. The van der Waals surface area contributed by atoms with Crippen LogP contribution in [0.5, 0.6) is 5.88 Å². The number of fused-ring (bicyclic) bond motifs is 1. The lowest BCUT2D eigenvalue weighted by molar-refractivity contribution is 0.0356. The summed E-state index contributed by atoms with van der Waals surface area (Å²) in [6, 6.07) is 6.34. The van der Waals surface area contributed by atoms with Gasteiger partial charge in [0.25, 0.3) is 5.91 Å². The van der Waals surface area contributed by atoms with E-state index in [1.807, 2.05) is 25.9 Å². The molecule has 3 atom stereocenters. The van der Waals surface area contributed by atoms with Gasteiger partial charge in [-0.05, 0) is 51.4 Å². The zero-order valence-electron chi connectivity index (χ0n) is 21.9. The smallest absolute Gasteiger partial charge is 0.321 e. The number of anilines is 1. The van der Waals surface area contributed by atoms with Crippen LogP contribution in [-0.4, -0.2) is 96.3 Å². The highest BCUT2D eigenvalue weighted by molar-refractivity contribution is 5.97. The Bertz CT molecular complexity index is 1170. The number of urea groups is 1. The van der Waals surface area contributed by atoms with Crippen molar-refractivity contribution >= 4 is 17.6 Å². The van der Waals surface area contributed by atoms with E-state index in [0.29, 0.717) is 24.3 Å². The fraction of sp³-hybridized carbons (Fsp3) is 0.444. The van der Waals surface area contributed by atoms with Crippen LogP contribution in [0.1, 0.15) is 32.6 Å². The molecule has 0 bridgehead atoms. The molecule has 0 spiro atoms. The number of aliphatic hydroxyl groups is 1. The second-order valence-corrected chi connectivity index (χ2v) is 9.56. The monoisotopic (exact) mass is 515 g/mol. The van der Waals surface area contributed by atoms with E-state index in [1.54, 1.807) is 31.1 Å². The van der Waals surface area contributed by atoms with Crippen molar-refractivity contribution in [2.45, 2.75) is 26.0 Å². The Hall–Kier alpha value is -3.68. The molecule has 0 unspecified atom stereocenters. The molecule has 2 aromatic rings. The zero-order chi connectivity index (χ0) is 27.1. The van der Waals surface area contributed by atoms with E-state index in [1.165, 1.54) is 29.2 Å². The molecule has 3 amide bonds. The summed E-state index contributed by atoms with van der Waals surface area (Å²) in [6.07, 6.45) is 1.06. The van der Waals surface area contributed by atoms with Crippen LogP contribution in [0.25, 0.3) is 0 Å². The SMILES string of the molecule is C[C@H](CO)N1C[C@H](C)[C@H](CN(C)C(=O)Nc2ccc(F)cc2)Oc2ncc(C#CCN(C)C)cc2C1=O.[HH].[HH]. The zero-order valence-corrected chi connectivity index (χ0v) is 21.9. The second kappa shape index (κ2) is 12.5. The van der Waals surface area contributed by atoms with Crippen molar-refractivity contribution in [3.8, 4) is 17.7 Å². The normalized spacial score (nSPS) is 18.1. The van der Waals surface area contributed by atoms with Crippen LogP contribution in [0.2, 0.25) is 0 Å². The number of carbonyl (C=O) groups is 2. The number of aliphatic hydroxyl groups excluding tert-OH is 1. The van der Waals surface area contributed by atoms with Crippen molar-refractivity contribution in [3.63, 3.8) is 0 Å². The minimum atomic E-state index is -0.498. The summed E-state index contributed by atoms with van der Waals surface area (Å²) in [5.74, 6) is 5.33. The van der Waals surface area contributed by atoms with E-state index < -0.39 is 18.0 Å². The van der Waals surface area contributed by atoms with E-state index in [-0.39, 0.29) is 45.3 Å². The number of ether oxygens (including phenoxy) is 1. The summed E-state index contributed by atoms with van der Waals surface area (Å²) in [5, 5.41) is 12.5. The Labute approximate surface area is 220 Å². The van der Waals surface area contributed by atoms with Gasteiger partial charge in [-0.15, -0.1) is 0 Å². The molecule has 0 radical (unpaired) electrons. The van der Waals surface area contributed by atoms with Gasteiger partial charge in [-0.1, -0.05) is 18.8 Å². The van der Waals surface area contributed by atoms with Crippen LogP contribution in [0, 0.1) is 23.6 Å². The number of rotatable bonds is 6. The van der Waals surface area contributed by atoms with Crippen molar-refractivity contribution in [3.05, 3.63) is 53.5 Å². The number of pyridine rings is 1. The van der Waals surface area contributed by atoms with E-state index in [9.17, 15) is 19.1 Å². The fourth-order valence-electron chi connectivity index (χ4n) is 3.79. The molecule has 10 heteroatoms. The Morgan fingerprint density at radius 3 is 2.70 bits per heavy atom. The average molecular weight is 516 g/mol. The van der Waals surface area contributed by atoms with Gasteiger partial charge in [0, 0.05) is 39.8 Å². The number of aromatic nitrogens is 1. The first-order chi connectivity index (χ1) is 17.6. The highest BCUT2D eigenvalue weighted by atomic mass is 19.1. The quantitative estimate of drug-likeness (QED) is 0.574. The van der Waals surface area contributed by atoms with Crippen LogP contribution < -0.4 is 10.1 Å². The van der Waals surface area contributed by atoms with Crippen molar-refractivity contribution in [1.82, 2.24) is 19.7 Å². The van der Waals surface area contributed by atoms with Gasteiger partial charge in [-0.25, -0.2) is 14.2 Å². The summed E-state index contributed by atoms with van der Waals surface area (Å²) in [7, 11) is 5.46. The first kappa shape index (κ1) is 27.9. The van der Waals surface area contributed by atoms with Gasteiger partial charge in [0.1, 0.15) is 17.5 Å². The molecular weight excluding hydrogens is 477 g/mol. The van der Waals surface area contributed by atoms with E-state index >= 15 is 0 Å². The first-order valence-electron chi connectivity index (χ1n) is 12.1. The Morgan fingerprint density at radius 1 is 1.35 bits per heavy atom. The van der Waals surface area contributed by atoms with Gasteiger partial charge < -0.3 is 25.0 Å². The van der Waals surface area contributed by atoms with Gasteiger partial charge in [0.05, 0.1) is 25.7 Å². The molecule has 2 heterocycles. The van der Waals surface area contributed by atoms with E-state index in [4.69, 9.17) is 4.74 Å². The number of carbonyl (C=O) groups excluding carboxylic acids is 2.